The molecule has 28 heavy (non-hydrogen) atoms. The molecular formula is C19H17FN6O2. The van der Waals surface area contributed by atoms with E-state index in [-0.39, 0.29) is 6.04 Å². The van der Waals surface area contributed by atoms with Gasteiger partial charge in [-0.2, -0.15) is 0 Å². The first-order valence-electron chi connectivity index (χ1n) is 8.73. The van der Waals surface area contributed by atoms with Crippen molar-refractivity contribution in [1.82, 2.24) is 20.3 Å². The normalized spacial score (nSPS) is 16.8. The first kappa shape index (κ1) is 17.8. The number of halogens is 1. The fourth-order valence-electron chi connectivity index (χ4n) is 3.29. The van der Waals surface area contributed by atoms with Gasteiger partial charge in [-0.1, -0.05) is 6.07 Å². The van der Waals surface area contributed by atoms with Crippen molar-refractivity contribution in [3.8, 4) is 0 Å². The van der Waals surface area contributed by atoms with Crippen LogP contribution in [0, 0.1) is 5.82 Å². The van der Waals surface area contributed by atoms with Gasteiger partial charge in [-0.3, -0.25) is 19.9 Å². The Balaban J connectivity index is 1.60. The van der Waals surface area contributed by atoms with Gasteiger partial charge in [-0.25, -0.2) is 9.18 Å². The van der Waals surface area contributed by atoms with E-state index in [0.717, 1.165) is 22.8 Å². The SMILES string of the molecule is O=C(O)NC1CCN(c2c(F)cncc2/N=C/c2ccc3nccnc3c2)C1. The van der Waals surface area contributed by atoms with Crippen molar-refractivity contribution in [2.24, 2.45) is 4.99 Å². The van der Waals surface area contributed by atoms with Crippen molar-refractivity contribution in [3.05, 3.63) is 54.4 Å². The molecule has 0 aliphatic carbocycles. The highest BCUT2D eigenvalue weighted by Gasteiger charge is 2.27. The van der Waals surface area contributed by atoms with Gasteiger partial charge in [0.15, 0.2) is 5.82 Å². The predicted octanol–water partition coefficient (Wildman–Crippen LogP) is 2.76. The third-order valence-corrected chi connectivity index (χ3v) is 4.53. The topological polar surface area (TPSA) is 104 Å². The number of nitrogens with zero attached hydrogens (tertiary/aromatic N) is 5. The molecule has 1 amide bonds. The predicted molar refractivity (Wildman–Crippen MR) is 103 cm³/mol. The van der Waals surface area contributed by atoms with Crippen molar-refractivity contribution in [2.75, 3.05) is 18.0 Å². The lowest BCUT2D eigenvalue weighted by Crippen LogP contribution is -2.36. The summed E-state index contributed by atoms with van der Waals surface area (Å²) >= 11 is 0. The fourth-order valence-corrected chi connectivity index (χ4v) is 3.29. The third kappa shape index (κ3) is 3.73. The number of carboxylic acid groups (broad SMARTS) is 1. The zero-order valence-electron chi connectivity index (χ0n) is 14.8. The second-order valence-electron chi connectivity index (χ2n) is 6.43. The Hall–Kier alpha value is -3.62. The molecule has 3 heterocycles. The number of amides is 1. The molecule has 1 saturated heterocycles. The number of fused-ring (bicyclic) bond motifs is 1. The molecule has 1 aromatic carbocycles. The molecule has 9 heteroatoms. The monoisotopic (exact) mass is 380 g/mol. The molecule has 4 rings (SSSR count). The summed E-state index contributed by atoms with van der Waals surface area (Å²) in [5.41, 5.74) is 3.03. The Morgan fingerprint density at radius 3 is 2.93 bits per heavy atom. The van der Waals surface area contributed by atoms with E-state index in [4.69, 9.17) is 5.11 Å². The van der Waals surface area contributed by atoms with Gasteiger partial charge in [-0.15, -0.1) is 0 Å². The number of hydrogen-bond donors (Lipinski definition) is 2. The summed E-state index contributed by atoms with van der Waals surface area (Å²) in [5, 5.41) is 11.3. The van der Waals surface area contributed by atoms with Gasteiger partial charge in [-0.05, 0) is 24.1 Å². The number of hydrogen-bond acceptors (Lipinski definition) is 6. The minimum Gasteiger partial charge on any atom is -0.465 e. The molecule has 1 aliphatic heterocycles. The Bertz CT molecular complexity index is 1060. The highest BCUT2D eigenvalue weighted by atomic mass is 19.1. The van der Waals surface area contributed by atoms with E-state index in [2.05, 4.69) is 25.3 Å². The first-order chi connectivity index (χ1) is 13.6. The summed E-state index contributed by atoms with van der Waals surface area (Å²) in [4.78, 5) is 29.4. The van der Waals surface area contributed by atoms with Gasteiger partial charge in [0.05, 0.1) is 29.5 Å². The summed E-state index contributed by atoms with van der Waals surface area (Å²) in [7, 11) is 0. The largest absolute Gasteiger partial charge is 0.465 e. The van der Waals surface area contributed by atoms with E-state index in [1.165, 1.54) is 6.20 Å². The summed E-state index contributed by atoms with van der Waals surface area (Å²) < 4.78 is 14.5. The van der Waals surface area contributed by atoms with Crippen LogP contribution in [0.15, 0.2) is 48.0 Å². The van der Waals surface area contributed by atoms with Crippen LogP contribution in [-0.2, 0) is 0 Å². The van der Waals surface area contributed by atoms with Crippen LogP contribution in [0.5, 0.6) is 0 Å². The summed E-state index contributed by atoms with van der Waals surface area (Å²) in [6.07, 6.45) is 7.01. The zero-order valence-corrected chi connectivity index (χ0v) is 14.8. The van der Waals surface area contributed by atoms with E-state index < -0.39 is 11.9 Å². The molecule has 8 nitrogen and oxygen atoms in total. The molecule has 2 N–H and O–H groups in total. The Morgan fingerprint density at radius 1 is 1.29 bits per heavy atom. The highest BCUT2D eigenvalue weighted by molar-refractivity contribution is 5.89. The van der Waals surface area contributed by atoms with E-state index in [1.807, 2.05) is 18.2 Å². The van der Waals surface area contributed by atoms with Crippen molar-refractivity contribution >= 4 is 34.7 Å². The number of nitrogens with one attached hydrogen (secondary N) is 1. The smallest absolute Gasteiger partial charge is 0.404 e. The lowest BCUT2D eigenvalue weighted by molar-refractivity contribution is 0.191. The fraction of sp³-hybridized carbons (Fsp3) is 0.211. The summed E-state index contributed by atoms with van der Waals surface area (Å²) in [6, 6.07) is 5.30. The van der Waals surface area contributed by atoms with Crippen LogP contribution in [0.25, 0.3) is 11.0 Å². The number of anilines is 1. The second-order valence-corrected chi connectivity index (χ2v) is 6.43. The molecule has 1 aliphatic rings. The number of aliphatic imine (C=N–C) groups is 1. The number of aromatic nitrogens is 3. The maximum absolute atomic E-state index is 14.5. The van der Waals surface area contributed by atoms with E-state index in [1.54, 1.807) is 23.5 Å². The zero-order chi connectivity index (χ0) is 19.5. The van der Waals surface area contributed by atoms with Gasteiger partial charge >= 0.3 is 6.09 Å². The van der Waals surface area contributed by atoms with Gasteiger partial charge in [0, 0.05) is 31.7 Å². The minimum absolute atomic E-state index is 0.249. The van der Waals surface area contributed by atoms with E-state index >= 15 is 0 Å². The highest BCUT2D eigenvalue weighted by Crippen LogP contribution is 2.33. The average Bonchev–Trinajstić information content (AvgIpc) is 3.13. The Kier molecular flexibility index (Phi) is 4.79. The van der Waals surface area contributed by atoms with E-state index in [9.17, 15) is 9.18 Å². The summed E-state index contributed by atoms with van der Waals surface area (Å²) in [6.45, 7) is 0.904. The average molecular weight is 380 g/mol. The summed E-state index contributed by atoms with van der Waals surface area (Å²) in [5.74, 6) is -0.491. The molecule has 3 aromatic rings. The molecule has 142 valence electrons. The Labute approximate surface area is 159 Å². The number of carbonyl (C=O) groups is 1. The van der Waals surface area contributed by atoms with Crippen LogP contribution >= 0.6 is 0 Å². The standard InChI is InChI=1S/C19H17FN6O2/c20-14-9-21-10-17(18(14)26-6-3-13(11-26)25-19(27)28)24-8-12-1-2-15-16(7-12)23-5-4-22-15/h1-2,4-5,7-10,13,25H,3,6,11H2,(H,27,28)/b24-8+. The molecule has 0 radical (unpaired) electrons. The van der Waals surface area contributed by atoms with Crippen molar-refractivity contribution in [1.29, 1.82) is 0 Å². The van der Waals surface area contributed by atoms with Gasteiger partial charge in [0.1, 0.15) is 11.4 Å². The van der Waals surface area contributed by atoms with Crippen LogP contribution in [-0.4, -0.2) is 51.5 Å². The van der Waals surface area contributed by atoms with Crippen LogP contribution < -0.4 is 10.2 Å². The molecule has 1 unspecified atom stereocenters. The molecule has 0 saturated carbocycles. The molecule has 0 bridgehead atoms. The van der Waals surface area contributed by atoms with Crippen LogP contribution in [0.2, 0.25) is 0 Å². The first-order valence-corrected chi connectivity index (χ1v) is 8.73. The van der Waals surface area contributed by atoms with Gasteiger partial charge < -0.3 is 15.3 Å². The maximum atomic E-state index is 14.5. The second kappa shape index (κ2) is 7.55. The van der Waals surface area contributed by atoms with E-state index in [0.29, 0.717) is 30.9 Å². The van der Waals surface area contributed by atoms with Crippen molar-refractivity contribution in [2.45, 2.75) is 12.5 Å². The van der Waals surface area contributed by atoms with Crippen molar-refractivity contribution in [3.63, 3.8) is 0 Å². The van der Waals surface area contributed by atoms with Crippen LogP contribution in [0.1, 0.15) is 12.0 Å². The molecule has 1 atom stereocenters. The Morgan fingerprint density at radius 2 is 2.11 bits per heavy atom. The minimum atomic E-state index is -1.08. The quantitative estimate of drug-likeness (QED) is 0.675. The van der Waals surface area contributed by atoms with Crippen molar-refractivity contribution < 1.29 is 14.3 Å². The number of rotatable bonds is 4. The third-order valence-electron chi connectivity index (χ3n) is 4.53. The van der Waals surface area contributed by atoms with Gasteiger partial charge in [0.25, 0.3) is 0 Å². The lowest BCUT2D eigenvalue weighted by atomic mass is 10.2. The molecular weight excluding hydrogens is 363 g/mol. The molecule has 1 fully saturated rings. The number of pyridine rings is 1. The lowest BCUT2D eigenvalue weighted by Gasteiger charge is -2.20. The molecule has 0 spiro atoms. The maximum Gasteiger partial charge on any atom is 0.404 e. The van der Waals surface area contributed by atoms with Gasteiger partial charge in [0.2, 0.25) is 0 Å². The van der Waals surface area contributed by atoms with Crippen LogP contribution in [0.3, 0.4) is 0 Å². The number of benzene rings is 1. The molecule has 2 aromatic heterocycles. The van der Waals surface area contributed by atoms with Crippen LogP contribution in [0.4, 0.5) is 20.6 Å².